The van der Waals surface area contributed by atoms with Crippen molar-refractivity contribution in [3.63, 3.8) is 0 Å². The van der Waals surface area contributed by atoms with Gasteiger partial charge in [0.05, 0.1) is 17.1 Å². The average molecular weight is 371 g/mol. The van der Waals surface area contributed by atoms with Crippen LogP contribution in [0.3, 0.4) is 0 Å². The third-order valence-electron chi connectivity index (χ3n) is 3.68. The van der Waals surface area contributed by atoms with Crippen LogP contribution < -0.4 is 0 Å². The Labute approximate surface area is 151 Å². The zero-order chi connectivity index (χ0) is 18.4. The van der Waals surface area contributed by atoms with E-state index in [9.17, 15) is 13.2 Å². The van der Waals surface area contributed by atoms with Crippen LogP contribution in [0.15, 0.2) is 76.1 Å². The first kappa shape index (κ1) is 17.9. The minimum Gasteiger partial charge on any atom is -0.459 e. The van der Waals surface area contributed by atoms with Crippen molar-refractivity contribution in [2.24, 2.45) is 0 Å². The van der Waals surface area contributed by atoms with Gasteiger partial charge in [0, 0.05) is 11.6 Å². The van der Waals surface area contributed by atoms with Crippen molar-refractivity contribution in [2.45, 2.75) is 17.9 Å². The van der Waals surface area contributed by atoms with Gasteiger partial charge >= 0.3 is 5.97 Å². The molecule has 7 heteroatoms. The molecule has 6 nitrogen and oxygen atoms in total. The van der Waals surface area contributed by atoms with Gasteiger partial charge in [-0.3, -0.25) is 4.79 Å². The SMILES string of the molecule is O=C(CCS(=O)(=O)c1ccccc1)OCc1cc(-c2ccccc2)on1. The van der Waals surface area contributed by atoms with Crippen LogP contribution >= 0.6 is 0 Å². The summed E-state index contributed by atoms with van der Waals surface area (Å²) in [6.07, 6.45) is -0.222. The number of sulfone groups is 1. The first-order valence-electron chi connectivity index (χ1n) is 7.99. The zero-order valence-corrected chi connectivity index (χ0v) is 14.7. The predicted octanol–water partition coefficient (Wildman–Crippen LogP) is 3.25. The monoisotopic (exact) mass is 371 g/mol. The second kappa shape index (κ2) is 7.97. The number of aromatic nitrogens is 1. The number of benzene rings is 2. The Morgan fingerprint density at radius 1 is 1.00 bits per heavy atom. The van der Waals surface area contributed by atoms with Crippen molar-refractivity contribution in [2.75, 3.05) is 5.75 Å². The molecule has 134 valence electrons. The van der Waals surface area contributed by atoms with Gasteiger partial charge in [-0.15, -0.1) is 0 Å². The summed E-state index contributed by atoms with van der Waals surface area (Å²) >= 11 is 0. The molecular formula is C19H17NO5S. The minimum atomic E-state index is -3.51. The molecule has 0 saturated heterocycles. The lowest BCUT2D eigenvalue weighted by molar-refractivity contribution is -0.144. The molecule has 3 rings (SSSR count). The number of nitrogens with zero attached hydrogens (tertiary/aromatic N) is 1. The van der Waals surface area contributed by atoms with Crippen molar-refractivity contribution >= 4 is 15.8 Å². The standard InChI is InChI=1S/C19H17NO5S/c21-19(11-12-26(22,23)17-9-5-2-6-10-17)24-14-16-13-18(25-20-16)15-7-3-1-4-8-15/h1-10,13H,11-12,14H2. The average Bonchev–Trinajstić information content (AvgIpc) is 3.15. The van der Waals surface area contributed by atoms with Gasteiger partial charge in [0.2, 0.25) is 0 Å². The Morgan fingerprint density at radius 3 is 2.35 bits per heavy atom. The number of hydrogen-bond acceptors (Lipinski definition) is 6. The van der Waals surface area contributed by atoms with E-state index >= 15 is 0 Å². The maximum Gasteiger partial charge on any atom is 0.307 e. The van der Waals surface area contributed by atoms with Crippen LogP contribution in [0.5, 0.6) is 0 Å². The van der Waals surface area contributed by atoms with E-state index in [0.717, 1.165) is 5.56 Å². The van der Waals surface area contributed by atoms with Gasteiger partial charge in [-0.2, -0.15) is 0 Å². The van der Waals surface area contributed by atoms with Crippen LogP contribution in [-0.2, 0) is 26.0 Å². The lowest BCUT2D eigenvalue weighted by Gasteiger charge is -2.04. The fourth-order valence-electron chi connectivity index (χ4n) is 2.31. The Balaban J connectivity index is 1.51. The quantitative estimate of drug-likeness (QED) is 0.593. The van der Waals surface area contributed by atoms with E-state index < -0.39 is 15.8 Å². The van der Waals surface area contributed by atoms with E-state index in [1.165, 1.54) is 12.1 Å². The second-order valence-corrected chi connectivity index (χ2v) is 7.70. The molecule has 0 aliphatic heterocycles. The molecular weight excluding hydrogens is 354 g/mol. The second-order valence-electron chi connectivity index (χ2n) is 5.59. The number of ether oxygens (including phenoxy) is 1. The fraction of sp³-hybridized carbons (Fsp3) is 0.158. The maximum atomic E-state index is 12.1. The summed E-state index contributed by atoms with van der Waals surface area (Å²) in [5.41, 5.74) is 1.33. The highest BCUT2D eigenvalue weighted by Crippen LogP contribution is 2.20. The fourth-order valence-corrected chi connectivity index (χ4v) is 3.55. The summed E-state index contributed by atoms with van der Waals surface area (Å²) in [4.78, 5) is 12.0. The molecule has 0 bridgehead atoms. The summed E-state index contributed by atoms with van der Waals surface area (Å²) in [6, 6.07) is 19.1. The number of carbonyl (C=O) groups excluding carboxylic acids is 1. The maximum absolute atomic E-state index is 12.1. The van der Waals surface area contributed by atoms with Crippen molar-refractivity contribution in [1.82, 2.24) is 5.16 Å². The van der Waals surface area contributed by atoms with Gasteiger partial charge in [0.1, 0.15) is 12.3 Å². The molecule has 0 atom stereocenters. The molecule has 0 aliphatic carbocycles. The lowest BCUT2D eigenvalue weighted by Crippen LogP contribution is -2.13. The molecule has 1 heterocycles. The number of hydrogen-bond donors (Lipinski definition) is 0. The molecule has 0 N–H and O–H groups in total. The van der Waals surface area contributed by atoms with Gasteiger partial charge in [-0.1, -0.05) is 53.7 Å². The molecule has 3 aromatic rings. The van der Waals surface area contributed by atoms with Gasteiger partial charge in [0.25, 0.3) is 0 Å². The Hall–Kier alpha value is -2.93. The minimum absolute atomic E-state index is 0.0689. The topological polar surface area (TPSA) is 86.5 Å². The van der Waals surface area contributed by atoms with Crippen molar-refractivity contribution in [1.29, 1.82) is 0 Å². The van der Waals surface area contributed by atoms with Gasteiger partial charge in [0.15, 0.2) is 15.6 Å². The third kappa shape index (κ3) is 4.58. The summed E-state index contributed by atoms with van der Waals surface area (Å²) in [6.45, 7) is -0.0689. The molecule has 0 aliphatic rings. The molecule has 0 spiro atoms. The molecule has 1 aromatic heterocycles. The highest BCUT2D eigenvalue weighted by atomic mass is 32.2. The van der Waals surface area contributed by atoms with E-state index in [-0.39, 0.29) is 23.7 Å². The molecule has 0 unspecified atom stereocenters. The largest absolute Gasteiger partial charge is 0.459 e. The first-order valence-corrected chi connectivity index (χ1v) is 9.64. The van der Waals surface area contributed by atoms with Gasteiger partial charge in [-0.05, 0) is 12.1 Å². The van der Waals surface area contributed by atoms with Crippen LogP contribution in [0.25, 0.3) is 11.3 Å². The molecule has 0 radical (unpaired) electrons. The third-order valence-corrected chi connectivity index (χ3v) is 5.41. The number of esters is 1. The van der Waals surface area contributed by atoms with Crippen LogP contribution in [0, 0.1) is 0 Å². The molecule has 0 amide bonds. The normalized spacial score (nSPS) is 11.2. The highest BCUT2D eigenvalue weighted by Gasteiger charge is 2.17. The van der Waals surface area contributed by atoms with Crippen molar-refractivity contribution in [3.8, 4) is 11.3 Å². The van der Waals surface area contributed by atoms with Crippen LogP contribution in [-0.4, -0.2) is 25.3 Å². The van der Waals surface area contributed by atoms with Crippen LogP contribution in [0.4, 0.5) is 0 Å². The molecule has 0 saturated carbocycles. The van der Waals surface area contributed by atoms with E-state index in [0.29, 0.717) is 11.5 Å². The predicted molar refractivity (Wildman–Crippen MR) is 94.8 cm³/mol. The van der Waals surface area contributed by atoms with Crippen LogP contribution in [0.2, 0.25) is 0 Å². The van der Waals surface area contributed by atoms with E-state index in [4.69, 9.17) is 9.26 Å². The van der Waals surface area contributed by atoms with Crippen molar-refractivity contribution in [3.05, 3.63) is 72.4 Å². The van der Waals surface area contributed by atoms with Crippen LogP contribution in [0.1, 0.15) is 12.1 Å². The Morgan fingerprint density at radius 2 is 1.65 bits per heavy atom. The Bertz CT molecular complexity index is 965. The first-order chi connectivity index (χ1) is 12.5. The molecule has 26 heavy (non-hydrogen) atoms. The smallest absolute Gasteiger partial charge is 0.307 e. The van der Waals surface area contributed by atoms with E-state index in [1.807, 2.05) is 30.3 Å². The lowest BCUT2D eigenvalue weighted by atomic mass is 10.2. The summed E-state index contributed by atoms with van der Waals surface area (Å²) in [7, 11) is -3.51. The molecule has 0 fully saturated rings. The van der Waals surface area contributed by atoms with E-state index in [2.05, 4.69) is 5.16 Å². The van der Waals surface area contributed by atoms with Gasteiger partial charge < -0.3 is 9.26 Å². The summed E-state index contributed by atoms with van der Waals surface area (Å²) < 4.78 is 34.6. The number of carbonyl (C=O) groups is 1. The van der Waals surface area contributed by atoms with Crippen molar-refractivity contribution < 1.29 is 22.5 Å². The summed E-state index contributed by atoms with van der Waals surface area (Å²) in [5, 5.41) is 3.85. The highest BCUT2D eigenvalue weighted by molar-refractivity contribution is 7.91. The number of rotatable bonds is 7. The Kier molecular flexibility index (Phi) is 5.48. The molecule has 2 aromatic carbocycles. The van der Waals surface area contributed by atoms with Gasteiger partial charge in [-0.25, -0.2) is 8.42 Å². The van der Waals surface area contributed by atoms with E-state index in [1.54, 1.807) is 24.3 Å². The summed E-state index contributed by atoms with van der Waals surface area (Å²) in [5.74, 6) is -0.332. The zero-order valence-electron chi connectivity index (χ0n) is 13.9.